The molecule has 0 spiro atoms. The molecule has 8 nitrogen and oxygen atoms in total. The lowest BCUT2D eigenvalue weighted by atomic mass is 10.2. The van der Waals surface area contributed by atoms with Crippen LogP contribution >= 0.6 is 11.6 Å². The Hall–Kier alpha value is -3.36. The van der Waals surface area contributed by atoms with Gasteiger partial charge in [0.15, 0.2) is 0 Å². The highest BCUT2D eigenvalue weighted by Gasteiger charge is 2.21. The van der Waals surface area contributed by atoms with E-state index in [1.807, 2.05) is 30.3 Å². The summed E-state index contributed by atoms with van der Waals surface area (Å²) in [5, 5.41) is 2.89. The van der Waals surface area contributed by atoms with Gasteiger partial charge >= 0.3 is 0 Å². The van der Waals surface area contributed by atoms with Crippen molar-refractivity contribution < 1.29 is 9.53 Å². The second-order valence-electron chi connectivity index (χ2n) is 7.98. The zero-order chi connectivity index (χ0) is 23.2. The maximum atomic E-state index is 12.6. The monoisotopic (exact) mass is 467 g/mol. The van der Waals surface area contributed by atoms with Crippen molar-refractivity contribution in [1.82, 2.24) is 15.3 Å². The van der Waals surface area contributed by atoms with Gasteiger partial charge in [0, 0.05) is 6.54 Å². The number of nitrogens with two attached hydrogens (primary N) is 1. The van der Waals surface area contributed by atoms with Gasteiger partial charge in [0.05, 0.1) is 11.3 Å². The summed E-state index contributed by atoms with van der Waals surface area (Å²) in [7, 11) is 0. The highest BCUT2D eigenvalue weighted by molar-refractivity contribution is 6.30. The molecule has 1 aliphatic rings. The van der Waals surface area contributed by atoms with Crippen molar-refractivity contribution >= 4 is 17.5 Å². The number of para-hydroxylation sites is 1. The predicted molar refractivity (Wildman–Crippen MR) is 126 cm³/mol. The number of benzene rings is 2. The number of nitrogens with one attached hydrogen (secondary N) is 3. The summed E-state index contributed by atoms with van der Waals surface area (Å²) < 4.78 is 5.86. The number of H-pyrrole nitrogens is 2. The first-order valence-corrected chi connectivity index (χ1v) is 11.2. The van der Waals surface area contributed by atoms with Crippen molar-refractivity contribution in [3.05, 3.63) is 92.4 Å². The first-order valence-electron chi connectivity index (χ1n) is 10.9. The Kier molecular flexibility index (Phi) is 7.26. The van der Waals surface area contributed by atoms with Crippen LogP contribution in [0.2, 0.25) is 5.02 Å². The largest absolute Gasteiger partial charge is 0.486 e. The summed E-state index contributed by atoms with van der Waals surface area (Å²) in [4.78, 5) is 34.8. The lowest BCUT2D eigenvalue weighted by Crippen LogP contribution is -2.29. The molecular weight excluding hydrogens is 442 g/mol. The van der Waals surface area contributed by atoms with Gasteiger partial charge in [0.1, 0.15) is 23.5 Å². The molecule has 1 fully saturated rings. The van der Waals surface area contributed by atoms with Crippen molar-refractivity contribution in [2.24, 2.45) is 16.6 Å². The van der Waals surface area contributed by atoms with Crippen molar-refractivity contribution in [2.45, 2.75) is 32.0 Å². The van der Waals surface area contributed by atoms with Gasteiger partial charge in [-0.05, 0) is 30.0 Å². The Morgan fingerprint density at radius 2 is 1.88 bits per heavy atom. The van der Waals surface area contributed by atoms with E-state index in [0.717, 1.165) is 17.9 Å². The van der Waals surface area contributed by atoms with Crippen LogP contribution in [0.4, 0.5) is 0 Å². The molecule has 0 radical (unpaired) electrons. The Labute approximate surface area is 195 Å². The average molecular weight is 468 g/mol. The molecule has 1 atom stereocenters. The SMILES string of the molecule is NC(/N=c1/[nH]c(COc2ccccc2C(=O)NCCC2CC2)c(Cl)c(=O)[nH]1)c1ccccc1. The van der Waals surface area contributed by atoms with Crippen molar-refractivity contribution in [1.29, 1.82) is 0 Å². The molecule has 1 heterocycles. The Bertz CT molecular complexity index is 1230. The smallest absolute Gasteiger partial charge is 0.271 e. The number of aromatic amines is 2. The number of aromatic nitrogens is 2. The number of amides is 1. The molecule has 33 heavy (non-hydrogen) atoms. The molecule has 1 unspecified atom stereocenters. The van der Waals surface area contributed by atoms with Gasteiger partial charge in [-0.1, -0.05) is 66.9 Å². The van der Waals surface area contributed by atoms with Gasteiger partial charge in [-0.2, -0.15) is 0 Å². The third kappa shape index (κ3) is 6.12. The number of rotatable bonds is 9. The minimum Gasteiger partial charge on any atom is -0.486 e. The van der Waals surface area contributed by atoms with E-state index in [-0.39, 0.29) is 23.2 Å². The Morgan fingerprint density at radius 3 is 2.64 bits per heavy atom. The topological polar surface area (TPSA) is 125 Å². The minimum atomic E-state index is -0.673. The van der Waals surface area contributed by atoms with Gasteiger partial charge in [-0.15, -0.1) is 0 Å². The lowest BCUT2D eigenvalue weighted by molar-refractivity contribution is 0.0948. The molecule has 4 rings (SSSR count). The van der Waals surface area contributed by atoms with Crippen LogP contribution in [-0.2, 0) is 6.61 Å². The van der Waals surface area contributed by atoms with E-state index in [1.165, 1.54) is 12.8 Å². The Morgan fingerprint density at radius 1 is 1.15 bits per heavy atom. The zero-order valence-corrected chi connectivity index (χ0v) is 18.8. The summed E-state index contributed by atoms with van der Waals surface area (Å²) in [6.45, 7) is 0.580. The maximum Gasteiger partial charge on any atom is 0.271 e. The number of nitrogens with zero attached hydrogens (tertiary/aromatic N) is 1. The number of ether oxygens (including phenoxy) is 1. The summed E-state index contributed by atoms with van der Waals surface area (Å²) >= 11 is 6.18. The molecular formula is C24H26ClN5O3. The summed E-state index contributed by atoms with van der Waals surface area (Å²) in [5.74, 6) is 0.933. The molecule has 3 aromatic rings. The Balaban J connectivity index is 1.50. The van der Waals surface area contributed by atoms with Crippen molar-refractivity contribution in [2.75, 3.05) is 6.54 Å². The first-order chi connectivity index (χ1) is 16.0. The molecule has 0 saturated heterocycles. The van der Waals surface area contributed by atoms with Gasteiger partial charge < -0.3 is 20.8 Å². The van der Waals surface area contributed by atoms with Crippen LogP contribution in [0, 0.1) is 5.92 Å². The van der Waals surface area contributed by atoms with Crippen LogP contribution < -0.4 is 27.0 Å². The third-order valence-electron chi connectivity index (χ3n) is 5.41. The fourth-order valence-corrected chi connectivity index (χ4v) is 3.53. The van der Waals surface area contributed by atoms with E-state index in [0.29, 0.717) is 23.6 Å². The third-order valence-corrected chi connectivity index (χ3v) is 5.81. The van der Waals surface area contributed by atoms with Gasteiger partial charge in [-0.3, -0.25) is 14.6 Å². The summed E-state index contributed by atoms with van der Waals surface area (Å²) in [5.41, 5.74) is 7.32. The first kappa shape index (κ1) is 22.8. The number of carbonyl (C=O) groups is 1. The summed E-state index contributed by atoms with van der Waals surface area (Å²) in [6.07, 6.45) is 2.80. The molecule has 1 aliphatic carbocycles. The van der Waals surface area contributed by atoms with Crippen LogP contribution in [0.5, 0.6) is 5.75 Å². The van der Waals surface area contributed by atoms with E-state index in [4.69, 9.17) is 22.1 Å². The fourth-order valence-electron chi connectivity index (χ4n) is 3.38. The van der Waals surface area contributed by atoms with Crippen molar-refractivity contribution in [3.63, 3.8) is 0 Å². The van der Waals surface area contributed by atoms with Gasteiger partial charge in [-0.25, -0.2) is 4.99 Å². The molecule has 5 N–H and O–H groups in total. The molecule has 1 aromatic heterocycles. The maximum absolute atomic E-state index is 12.6. The van der Waals surface area contributed by atoms with Crippen LogP contribution in [0.25, 0.3) is 0 Å². The van der Waals surface area contributed by atoms with Gasteiger partial charge in [0.25, 0.3) is 11.5 Å². The van der Waals surface area contributed by atoms with Crippen LogP contribution in [-0.4, -0.2) is 22.4 Å². The normalized spacial score (nSPS) is 14.7. The quantitative estimate of drug-likeness (QED) is 0.386. The highest BCUT2D eigenvalue weighted by Crippen LogP contribution is 2.31. The van der Waals surface area contributed by atoms with Crippen LogP contribution in [0.15, 0.2) is 64.4 Å². The molecule has 9 heteroatoms. The molecule has 0 aliphatic heterocycles. The fraction of sp³-hybridized carbons (Fsp3) is 0.292. The predicted octanol–water partition coefficient (Wildman–Crippen LogP) is 3.02. The van der Waals surface area contributed by atoms with Crippen molar-refractivity contribution in [3.8, 4) is 5.75 Å². The molecule has 0 bridgehead atoms. The minimum absolute atomic E-state index is 0.0476. The van der Waals surface area contributed by atoms with E-state index in [9.17, 15) is 9.59 Å². The molecule has 1 saturated carbocycles. The highest BCUT2D eigenvalue weighted by atomic mass is 35.5. The average Bonchev–Trinajstić information content (AvgIpc) is 3.65. The lowest BCUT2D eigenvalue weighted by Gasteiger charge is -2.12. The second-order valence-corrected chi connectivity index (χ2v) is 8.36. The van der Waals surface area contributed by atoms with Crippen LogP contribution in [0.3, 0.4) is 0 Å². The zero-order valence-electron chi connectivity index (χ0n) is 18.0. The number of carbonyl (C=O) groups excluding carboxylic acids is 1. The van der Waals surface area contributed by atoms with Crippen LogP contribution in [0.1, 0.15) is 47.0 Å². The second kappa shape index (κ2) is 10.5. The molecule has 2 aromatic carbocycles. The van der Waals surface area contributed by atoms with E-state index in [2.05, 4.69) is 20.3 Å². The standard InChI is InChI=1S/C24H26ClN5O3/c25-20-18(28-24(30-23(20)32)29-21(26)16-6-2-1-3-7-16)14-33-19-9-5-4-8-17(19)22(31)27-13-12-15-10-11-15/h1-9,15,21H,10-14,26H2,(H,27,31)(H2,28,29,30,32). The van der Waals surface area contributed by atoms with E-state index in [1.54, 1.807) is 24.3 Å². The molecule has 1 amide bonds. The van der Waals surface area contributed by atoms with E-state index >= 15 is 0 Å². The van der Waals surface area contributed by atoms with Gasteiger partial charge in [0.2, 0.25) is 5.62 Å². The molecule has 172 valence electrons. The number of hydrogen-bond donors (Lipinski definition) is 4. The summed E-state index contributed by atoms with van der Waals surface area (Å²) in [6, 6.07) is 16.2. The number of halogens is 1. The number of hydrogen-bond acceptors (Lipinski definition) is 5. The van der Waals surface area contributed by atoms with E-state index < -0.39 is 11.7 Å².